The van der Waals surface area contributed by atoms with E-state index in [4.69, 9.17) is 9.47 Å². The second-order valence-electron chi connectivity index (χ2n) is 7.33. The van der Waals surface area contributed by atoms with Gasteiger partial charge in [0.1, 0.15) is 37.6 Å². The molecule has 3 rings (SSSR count). The number of benzene rings is 1. The van der Waals surface area contributed by atoms with Crippen molar-refractivity contribution < 1.29 is 19.2 Å². The SMILES string of the molecule is COc1ccc(-n2c(C)cc(C(=O)C[NH+]3C[C@@H](C)O[C@H](C)C3)c2C)cc1. The number of rotatable bonds is 5. The van der Waals surface area contributed by atoms with Crippen LogP contribution in [0.15, 0.2) is 30.3 Å². The third kappa shape index (κ3) is 3.84. The van der Waals surface area contributed by atoms with Gasteiger partial charge < -0.3 is 18.9 Å². The predicted molar refractivity (Wildman–Crippen MR) is 102 cm³/mol. The third-order valence-electron chi connectivity index (χ3n) is 5.09. The molecule has 0 saturated carbocycles. The van der Waals surface area contributed by atoms with E-state index >= 15 is 0 Å². The summed E-state index contributed by atoms with van der Waals surface area (Å²) in [4.78, 5) is 14.3. The van der Waals surface area contributed by atoms with Gasteiger partial charge in [-0.25, -0.2) is 0 Å². The lowest BCUT2D eigenvalue weighted by Crippen LogP contribution is -3.16. The van der Waals surface area contributed by atoms with E-state index in [0.717, 1.165) is 41.5 Å². The monoisotopic (exact) mass is 357 g/mol. The van der Waals surface area contributed by atoms with Crippen molar-refractivity contribution >= 4 is 5.78 Å². The zero-order valence-corrected chi connectivity index (χ0v) is 16.3. The van der Waals surface area contributed by atoms with Gasteiger partial charge in [0, 0.05) is 22.6 Å². The van der Waals surface area contributed by atoms with E-state index in [-0.39, 0.29) is 18.0 Å². The first-order chi connectivity index (χ1) is 12.4. The summed E-state index contributed by atoms with van der Waals surface area (Å²) in [6.07, 6.45) is 0.404. The smallest absolute Gasteiger partial charge is 0.218 e. The topological polar surface area (TPSA) is 44.9 Å². The number of methoxy groups -OCH3 is 1. The summed E-state index contributed by atoms with van der Waals surface area (Å²) in [6.45, 7) is 10.5. The summed E-state index contributed by atoms with van der Waals surface area (Å²) in [6, 6.07) is 9.93. The molecule has 1 aliphatic heterocycles. The number of carbonyl (C=O) groups is 1. The van der Waals surface area contributed by atoms with E-state index in [9.17, 15) is 4.79 Å². The molecule has 5 heteroatoms. The molecule has 1 N–H and O–H groups in total. The molecule has 1 aromatic heterocycles. The number of Topliss-reactive ketones (excluding diaryl/α,β-unsaturated/α-hetero) is 1. The number of quaternary nitrogens is 1. The second kappa shape index (κ2) is 7.64. The number of nitrogens with one attached hydrogen (secondary N) is 1. The molecule has 1 fully saturated rings. The van der Waals surface area contributed by atoms with Crippen LogP contribution in [0.25, 0.3) is 5.69 Å². The fourth-order valence-electron chi connectivity index (χ4n) is 4.03. The van der Waals surface area contributed by atoms with Crippen LogP contribution in [0.4, 0.5) is 0 Å². The maximum Gasteiger partial charge on any atom is 0.218 e. The van der Waals surface area contributed by atoms with Gasteiger partial charge in [0.05, 0.1) is 7.11 Å². The molecule has 1 aliphatic rings. The van der Waals surface area contributed by atoms with Crippen molar-refractivity contribution in [2.75, 3.05) is 26.7 Å². The van der Waals surface area contributed by atoms with E-state index < -0.39 is 0 Å². The first-order valence-electron chi connectivity index (χ1n) is 9.24. The van der Waals surface area contributed by atoms with Gasteiger partial charge >= 0.3 is 0 Å². The minimum Gasteiger partial charge on any atom is -0.497 e. The normalized spacial score (nSPS) is 23.0. The van der Waals surface area contributed by atoms with Gasteiger partial charge in [0.25, 0.3) is 0 Å². The Labute approximate surface area is 155 Å². The number of carbonyl (C=O) groups excluding carboxylic acids is 1. The van der Waals surface area contributed by atoms with Crippen LogP contribution in [0.5, 0.6) is 5.75 Å². The first kappa shape index (κ1) is 18.7. The number of aromatic nitrogens is 1. The molecule has 0 bridgehead atoms. The molecular weight excluding hydrogens is 328 g/mol. The Bertz CT molecular complexity index is 769. The van der Waals surface area contributed by atoms with E-state index in [1.165, 1.54) is 4.90 Å². The summed E-state index contributed by atoms with van der Waals surface area (Å²) in [7, 11) is 1.66. The van der Waals surface area contributed by atoms with E-state index in [1.807, 2.05) is 44.2 Å². The standard InChI is InChI=1S/C21H28N2O3/c1-14-10-20(21(24)13-22-11-15(2)26-16(3)12-22)17(4)23(14)18-6-8-19(25-5)9-7-18/h6-10,15-16H,11-13H2,1-5H3/p+1/t15-,16-/m1/s1. The van der Waals surface area contributed by atoms with Crippen molar-refractivity contribution in [2.24, 2.45) is 0 Å². The molecule has 1 saturated heterocycles. The van der Waals surface area contributed by atoms with Crippen molar-refractivity contribution in [3.8, 4) is 11.4 Å². The van der Waals surface area contributed by atoms with Gasteiger partial charge in [-0.05, 0) is 58.0 Å². The molecule has 26 heavy (non-hydrogen) atoms. The van der Waals surface area contributed by atoms with Crippen molar-refractivity contribution in [3.05, 3.63) is 47.3 Å². The Morgan fingerprint density at radius 3 is 2.38 bits per heavy atom. The maximum atomic E-state index is 12.9. The van der Waals surface area contributed by atoms with Crippen molar-refractivity contribution in [1.82, 2.24) is 4.57 Å². The average Bonchev–Trinajstić information content (AvgIpc) is 2.89. The molecule has 0 aliphatic carbocycles. The van der Waals surface area contributed by atoms with Crippen molar-refractivity contribution in [1.29, 1.82) is 0 Å². The molecule has 0 unspecified atom stereocenters. The Hall–Kier alpha value is -2.11. The van der Waals surface area contributed by atoms with Gasteiger partial charge in [0.15, 0.2) is 0 Å². The lowest BCUT2D eigenvalue weighted by atomic mass is 10.1. The highest BCUT2D eigenvalue weighted by Gasteiger charge is 2.28. The first-order valence-corrected chi connectivity index (χ1v) is 9.24. The molecule has 0 spiro atoms. The van der Waals surface area contributed by atoms with Crippen LogP contribution >= 0.6 is 0 Å². The largest absolute Gasteiger partial charge is 0.497 e. The molecule has 5 nitrogen and oxygen atoms in total. The van der Waals surface area contributed by atoms with Crippen molar-refractivity contribution in [3.63, 3.8) is 0 Å². The zero-order valence-electron chi connectivity index (χ0n) is 16.3. The third-order valence-corrected chi connectivity index (χ3v) is 5.09. The molecule has 0 amide bonds. The molecule has 2 aromatic rings. The number of hydrogen-bond donors (Lipinski definition) is 1. The average molecular weight is 357 g/mol. The summed E-state index contributed by atoms with van der Waals surface area (Å²) < 4.78 is 13.1. The fraction of sp³-hybridized carbons (Fsp3) is 0.476. The minimum absolute atomic E-state index is 0.202. The number of hydrogen-bond acceptors (Lipinski definition) is 3. The predicted octanol–water partition coefficient (Wildman–Crippen LogP) is 1.98. The second-order valence-corrected chi connectivity index (χ2v) is 7.33. The van der Waals surface area contributed by atoms with Gasteiger partial charge in [-0.3, -0.25) is 4.79 Å². The highest BCUT2D eigenvalue weighted by atomic mass is 16.5. The highest BCUT2D eigenvalue weighted by molar-refractivity contribution is 5.98. The van der Waals surface area contributed by atoms with E-state index in [0.29, 0.717) is 6.54 Å². The lowest BCUT2D eigenvalue weighted by Gasteiger charge is -2.31. The van der Waals surface area contributed by atoms with Gasteiger partial charge in [-0.1, -0.05) is 0 Å². The number of nitrogens with zero attached hydrogens (tertiary/aromatic N) is 1. The van der Waals surface area contributed by atoms with Crippen LogP contribution in [0.3, 0.4) is 0 Å². The summed E-state index contributed by atoms with van der Waals surface area (Å²) >= 11 is 0. The van der Waals surface area contributed by atoms with Crippen molar-refractivity contribution in [2.45, 2.75) is 39.9 Å². The van der Waals surface area contributed by atoms with Gasteiger partial charge in [-0.15, -0.1) is 0 Å². The van der Waals surface area contributed by atoms with Crippen LogP contribution < -0.4 is 9.64 Å². The molecule has 0 radical (unpaired) electrons. The van der Waals surface area contributed by atoms with Crippen LogP contribution in [0.1, 0.15) is 35.6 Å². The Morgan fingerprint density at radius 1 is 1.19 bits per heavy atom. The molecular formula is C21H29N2O3+. The zero-order chi connectivity index (χ0) is 18.8. The number of ether oxygens (including phenoxy) is 2. The molecule has 2 heterocycles. The van der Waals surface area contributed by atoms with Crippen LogP contribution in [0, 0.1) is 13.8 Å². The number of morpholine rings is 1. The highest BCUT2D eigenvalue weighted by Crippen LogP contribution is 2.23. The lowest BCUT2D eigenvalue weighted by molar-refractivity contribution is -0.906. The van der Waals surface area contributed by atoms with Crippen LogP contribution in [-0.2, 0) is 4.74 Å². The van der Waals surface area contributed by atoms with Crippen LogP contribution in [0.2, 0.25) is 0 Å². The minimum atomic E-state index is 0.202. The maximum absolute atomic E-state index is 12.9. The van der Waals surface area contributed by atoms with E-state index in [1.54, 1.807) is 7.11 Å². The van der Waals surface area contributed by atoms with Gasteiger partial charge in [-0.2, -0.15) is 0 Å². The summed E-state index contributed by atoms with van der Waals surface area (Å²) in [5.41, 5.74) is 3.92. The van der Waals surface area contributed by atoms with E-state index in [2.05, 4.69) is 18.4 Å². The summed E-state index contributed by atoms with van der Waals surface area (Å²) in [5, 5.41) is 0. The fourth-order valence-corrected chi connectivity index (χ4v) is 4.03. The molecule has 2 atom stereocenters. The number of aryl methyl sites for hydroxylation is 1. The van der Waals surface area contributed by atoms with Gasteiger partial charge in [0.2, 0.25) is 5.78 Å². The molecule has 1 aromatic carbocycles. The Balaban J connectivity index is 1.81. The quantitative estimate of drug-likeness (QED) is 0.833. The Morgan fingerprint density at radius 2 is 1.81 bits per heavy atom. The molecule has 140 valence electrons. The number of ketones is 1. The Kier molecular flexibility index (Phi) is 5.49. The van der Waals surface area contributed by atoms with Crippen LogP contribution in [-0.4, -0.2) is 49.3 Å². The summed E-state index contributed by atoms with van der Waals surface area (Å²) in [5.74, 6) is 1.03.